The Bertz CT molecular complexity index is 1180. The van der Waals surface area contributed by atoms with E-state index < -0.39 is 5.60 Å². The molecule has 1 aromatic carbocycles. The van der Waals surface area contributed by atoms with Gasteiger partial charge in [0, 0.05) is 24.0 Å². The van der Waals surface area contributed by atoms with Gasteiger partial charge in [-0.3, -0.25) is 9.59 Å². The fourth-order valence-corrected chi connectivity index (χ4v) is 6.22. The SMILES string of the molecule is COC(=O)[C@H]1C[C@H](NC(=O)c2cc(-c3cc(C(C)(C)C)cc(C4(O)CC4)c3)n(CC3CCCCC3)c2C)C1. The minimum atomic E-state index is -0.730. The number of methoxy groups -OCH3 is 1. The predicted molar refractivity (Wildman–Crippen MR) is 149 cm³/mol. The molecule has 3 aliphatic rings. The van der Waals surface area contributed by atoms with Crippen molar-refractivity contribution in [2.75, 3.05) is 7.11 Å². The van der Waals surface area contributed by atoms with E-state index in [1.807, 2.05) is 6.07 Å². The highest BCUT2D eigenvalue weighted by molar-refractivity contribution is 5.97. The van der Waals surface area contributed by atoms with Crippen LogP contribution in [-0.2, 0) is 27.1 Å². The summed E-state index contributed by atoms with van der Waals surface area (Å²) in [6, 6.07) is 8.60. The molecule has 0 bridgehead atoms. The highest BCUT2D eigenvalue weighted by atomic mass is 16.5. The predicted octanol–water partition coefficient (Wildman–Crippen LogP) is 6.00. The molecule has 1 heterocycles. The number of amides is 1. The maximum atomic E-state index is 13.5. The summed E-state index contributed by atoms with van der Waals surface area (Å²) in [5.41, 5.74) is 5.19. The molecule has 0 saturated heterocycles. The summed E-state index contributed by atoms with van der Waals surface area (Å²) in [5, 5.41) is 14.2. The average molecular weight is 521 g/mol. The van der Waals surface area contributed by atoms with Crippen LogP contribution in [0.2, 0.25) is 0 Å². The van der Waals surface area contributed by atoms with Gasteiger partial charge in [-0.2, -0.15) is 0 Å². The number of carbonyl (C=O) groups is 2. The van der Waals surface area contributed by atoms with E-state index in [1.54, 1.807) is 0 Å². The largest absolute Gasteiger partial charge is 0.469 e. The molecule has 1 amide bonds. The van der Waals surface area contributed by atoms with Crippen LogP contribution in [0, 0.1) is 18.8 Å². The van der Waals surface area contributed by atoms with E-state index in [-0.39, 0.29) is 29.3 Å². The number of hydrogen-bond acceptors (Lipinski definition) is 4. The molecule has 0 unspecified atom stereocenters. The molecule has 0 spiro atoms. The Hall–Kier alpha value is -2.60. The van der Waals surface area contributed by atoms with Gasteiger partial charge < -0.3 is 19.7 Å². The fourth-order valence-electron chi connectivity index (χ4n) is 6.22. The third-order valence-electron chi connectivity index (χ3n) is 9.14. The normalized spacial score (nSPS) is 23.0. The van der Waals surface area contributed by atoms with Gasteiger partial charge in [0.2, 0.25) is 0 Å². The van der Waals surface area contributed by atoms with E-state index in [1.165, 1.54) is 44.8 Å². The topological polar surface area (TPSA) is 80.6 Å². The number of carbonyl (C=O) groups excluding carboxylic acids is 2. The summed E-state index contributed by atoms with van der Waals surface area (Å²) < 4.78 is 7.20. The molecule has 3 saturated carbocycles. The van der Waals surface area contributed by atoms with Crippen LogP contribution in [0.3, 0.4) is 0 Å². The molecule has 6 heteroatoms. The summed E-state index contributed by atoms with van der Waals surface area (Å²) in [4.78, 5) is 25.3. The van der Waals surface area contributed by atoms with Crippen LogP contribution in [-0.4, -0.2) is 34.7 Å². The lowest BCUT2D eigenvalue weighted by atomic mass is 9.80. The highest BCUT2D eigenvalue weighted by Gasteiger charge is 2.43. The van der Waals surface area contributed by atoms with Gasteiger partial charge in [0.1, 0.15) is 0 Å². The van der Waals surface area contributed by atoms with Crippen molar-refractivity contribution >= 4 is 11.9 Å². The first-order valence-electron chi connectivity index (χ1n) is 14.5. The van der Waals surface area contributed by atoms with Crippen LogP contribution in [0.5, 0.6) is 0 Å². The number of benzene rings is 1. The molecule has 206 valence electrons. The molecule has 0 aliphatic heterocycles. The molecule has 2 N–H and O–H groups in total. The number of ether oxygens (including phenoxy) is 1. The van der Waals surface area contributed by atoms with Crippen molar-refractivity contribution < 1.29 is 19.4 Å². The Morgan fingerprint density at radius 2 is 1.76 bits per heavy atom. The van der Waals surface area contributed by atoms with Gasteiger partial charge in [-0.05, 0) is 91.7 Å². The molecule has 6 nitrogen and oxygen atoms in total. The van der Waals surface area contributed by atoms with Crippen molar-refractivity contribution in [3.8, 4) is 11.3 Å². The average Bonchev–Trinajstić information content (AvgIpc) is 3.54. The van der Waals surface area contributed by atoms with Gasteiger partial charge in [0.15, 0.2) is 0 Å². The maximum Gasteiger partial charge on any atom is 0.308 e. The summed E-state index contributed by atoms with van der Waals surface area (Å²) in [5.74, 6) is 0.214. The number of esters is 1. The fraction of sp³-hybridized carbons (Fsp3) is 0.625. The Labute approximate surface area is 227 Å². The van der Waals surface area contributed by atoms with Crippen molar-refractivity contribution in [3.63, 3.8) is 0 Å². The summed E-state index contributed by atoms with van der Waals surface area (Å²) in [7, 11) is 1.41. The molecular weight excluding hydrogens is 476 g/mol. The van der Waals surface area contributed by atoms with E-state index in [0.717, 1.165) is 41.9 Å². The van der Waals surface area contributed by atoms with Crippen LogP contribution in [0.25, 0.3) is 11.3 Å². The van der Waals surface area contributed by atoms with Gasteiger partial charge in [0.05, 0.1) is 24.2 Å². The molecule has 38 heavy (non-hydrogen) atoms. The monoisotopic (exact) mass is 520 g/mol. The number of rotatable bonds is 7. The van der Waals surface area contributed by atoms with E-state index in [4.69, 9.17) is 4.74 Å². The second kappa shape index (κ2) is 10.2. The second-order valence-corrected chi connectivity index (χ2v) is 13.1. The van der Waals surface area contributed by atoms with E-state index in [2.05, 4.69) is 55.8 Å². The van der Waals surface area contributed by atoms with Crippen molar-refractivity contribution in [1.82, 2.24) is 9.88 Å². The summed E-state index contributed by atoms with van der Waals surface area (Å²) >= 11 is 0. The first kappa shape index (κ1) is 27.0. The molecule has 1 aromatic heterocycles. The van der Waals surface area contributed by atoms with Gasteiger partial charge in [0.25, 0.3) is 5.91 Å². The van der Waals surface area contributed by atoms with Crippen LogP contribution >= 0.6 is 0 Å². The van der Waals surface area contributed by atoms with Crippen LogP contribution in [0.15, 0.2) is 24.3 Å². The summed E-state index contributed by atoms with van der Waals surface area (Å²) in [6.45, 7) is 9.58. The van der Waals surface area contributed by atoms with Crippen molar-refractivity contribution in [2.45, 2.75) is 109 Å². The number of nitrogens with one attached hydrogen (secondary N) is 1. The lowest BCUT2D eigenvalue weighted by Gasteiger charge is -2.33. The smallest absolute Gasteiger partial charge is 0.308 e. The minimum Gasteiger partial charge on any atom is -0.469 e. The Balaban J connectivity index is 1.50. The lowest BCUT2D eigenvalue weighted by Crippen LogP contribution is -2.47. The Morgan fingerprint density at radius 1 is 1.08 bits per heavy atom. The standard InChI is InChI=1S/C32H44N2O4/c1-20-27(29(35)33-26-15-23(16-26)30(36)38-5)18-28(34(20)19-21-9-7-6-8-10-21)22-13-24(31(2,3)4)17-25(14-22)32(37)11-12-32/h13-14,17-18,21,23,26,37H,6-12,15-16,19H2,1-5H3,(H,33,35)/t23-,26-. The van der Waals surface area contributed by atoms with Gasteiger partial charge in [-0.1, -0.05) is 46.1 Å². The van der Waals surface area contributed by atoms with Crippen molar-refractivity contribution in [2.24, 2.45) is 11.8 Å². The molecule has 2 aromatic rings. The number of aliphatic hydroxyl groups is 1. The Kier molecular flexibility index (Phi) is 7.23. The quantitative estimate of drug-likeness (QED) is 0.439. The summed E-state index contributed by atoms with van der Waals surface area (Å²) in [6.07, 6.45) is 9.15. The van der Waals surface area contributed by atoms with E-state index in [0.29, 0.717) is 24.3 Å². The first-order chi connectivity index (χ1) is 18.0. The number of aromatic nitrogens is 1. The van der Waals surface area contributed by atoms with Crippen LogP contribution in [0.4, 0.5) is 0 Å². The van der Waals surface area contributed by atoms with Crippen LogP contribution in [0.1, 0.15) is 106 Å². The second-order valence-electron chi connectivity index (χ2n) is 13.1. The van der Waals surface area contributed by atoms with Crippen molar-refractivity contribution in [1.29, 1.82) is 0 Å². The number of hydrogen-bond donors (Lipinski definition) is 2. The van der Waals surface area contributed by atoms with E-state index in [9.17, 15) is 14.7 Å². The first-order valence-corrected chi connectivity index (χ1v) is 14.5. The third-order valence-corrected chi connectivity index (χ3v) is 9.14. The molecular formula is C32H44N2O4. The zero-order valence-corrected chi connectivity index (χ0v) is 23.7. The number of nitrogens with zero attached hydrogens (tertiary/aromatic N) is 1. The van der Waals surface area contributed by atoms with Crippen LogP contribution < -0.4 is 5.32 Å². The van der Waals surface area contributed by atoms with Crippen molar-refractivity contribution in [3.05, 3.63) is 46.6 Å². The zero-order valence-electron chi connectivity index (χ0n) is 23.7. The lowest BCUT2D eigenvalue weighted by molar-refractivity contribution is -0.149. The highest BCUT2D eigenvalue weighted by Crippen LogP contribution is 2.47. The van der Waals surface area contributed by atoms with Gasteiger partial charge in [-0.15, -0.1) is 0 Å². The van der Waals surface area contributed by atoms with Gasteiger partial charge in [-0.25, -0.2) is 0 Å². The van der Waals surface area contributed by atoms with E-state index >= 15 is 0 Å². The third kappa shape index (κ3) is 5.42. The molecule has 0 atom stereocenters. The van der Waals surface area contributed by atoms with Gasteiger partial charge >= 0.3 is 5.97 Å². The Morgan fingerprint density at radius 3 is 2.37 bits per heavy atom. The molecule has 3 fully saturated rings. The molecule has 3 aliphatic carbocycles. The molecule has 0 radical (unpaired) electrons. The minimum absolute atomic E-state index is 0.00363. The maximum absolute atomic E-state index is 13.5. The zero-order chi connectivity index (χ0) is 27.2. The molecule has 5 rings (SSSR count).